The lowest BCUT2D eigenvalue weighted by molar-refractivity contribution is 0.0696. The average molecular weight is 1250 g/mol. The third kappa shape index (κ3) is 14.6. The number of aromatic nitrogens is 12. The van der Waals surface area contributed by atoms with Crippen molar-refractivity contribution in [1.29, 1.82) is 5.26 Å². The summed E-state index contributed by atoms with van der Waals surface area (Å²) in [6.07, 6.45) is 22.3. The number of carbonyl (C=O) groups is 2. The van der Waals surface area contributed by atoms with E-state index in [1.807, 2.05) is 55.0 Å². The number of nitriles is 1. The Morgan fingerprint density at radius 1 is 0.505 bits per heavy atom. The summed E-state index contributed by atoms with van der Waals surface area (Å²) in [6.45, 7) is 13.6. The molecule has 0 aliphatic rings. The van der Waals surface area contributed by atoms with Crippen molar-refractivity contribution in [2.75, 3.05) is 57.5 Å². The first-order chi connectivity index (χ1) is 45.1. The second kappa shape index (κ2) is 29.2. The number of nitrogens with one attached hydrogen (secondary N) is 4. The Balaban J connectivity index is 0.000000153. The maximum atomic E-state index is 12.5. The first kappa shape index (κ1) is 64.2. The monoisotopic (exact) mass is 1250 g/mol. The molecule has 9 aromatic heterocycles. The molecule has 24 heteroatoms. The van der Waals surface area contributed by atoms with E-state index in [0.29, 0.717) is 82.5 Å². The van der Waals surface area contributed by atoms with Crippen LogP contribution in [0.2, 0.25) is 0 Å². The summed E-state index contributed by atoms with van der Waals surface area (Å²) in [7, 11) is 6.27. The highest BCUT2D eigenvalue weighted by atomic mass is 16.5. The molecule has 24 nitrogen and oxygen atoms in total. The van der Waals surface area contributed by atoms with Crippen LogP contribution in [0.15, 0.2) is 165 Å². The number of pyridine rings is 3. The summed E-state index contributed by atoms with van der Waals surface area (Å²) in [4.78, 5) is 63.7. The number of anilines is 6. The highest BCUT2D eigenvalue weighted by Gasteiger charge is 2.20. The van der Waals surface area contributed by atoms with E-state index < -0.39 is 5.97 Å². The molecule has 5 N–H and O–H groups in total. The third-order valence-electron chi connectivity index (χ3n) is 14.9. The standard InChI is InChI=1S/C25H28N6O3.C22H20N6O.C22H21N5O3/c1-16(2)31-15-19(18-7-9-26-14-22(18)31)20-8-10-28-25(29-20)30-21-13-17(5-6-23(21)34-4)24(32)27-11-12-33-3;1-14(2)28-13-17(16-6-8-24-12-20(16)28)18-7-9-25-22(26-18)27-19-10-15(11-23)4-5-21(19)29-3;1-13(2)27-12-16(15-6-8-23-11-19(15)27)17-7-9-24-22(25-17)26-18-10-14(21(28)29)4-5-20(18)30-3/h5-10,13-16H,11-12H2,1-4H3,(H,27,32)(H,28,29,30);4-10,12-14H,1-3H3,(H,25,26,27);4-13H,1-3H3,(H,28,29)(H,24,25,26). The van der Waals surface area contributed by atoms with Crippen LogP contribution >= 0.6 is 0 Å². The highest BCUT2D eigenvalue weighted by Crippen LogP contribution is 2.37. The van der Waals surface area contributed by atoms with Crippen molar-refractivity contribution in [2.45, 2.75) is 59.7 Å². The molecule has 0 radical (unpaired) electrons. The van der Waals surface area contributed by atoms with E-state index in [1.54, 1.807) is 101 Å². The van der Waals surface area contributed by atoms with Crippen LogP contribution in [0.3, 0.4) is 0 Å². The van der Waals surface area contributed by atoms with Crippen LogP contribution in [0, 0.1) is 11.3 Å². The van der Waals surface area contributed by atoms with E-state index in [1.165, 1.54) is 19.2 Å². The summed E-state index contributed by atoms with van der Waals surface area (Å²) in [5, 5.41) is 33.9. The molecule has 1 amide bonds. The van der Waals surface area contributed by atoms with Gasteiger partial charge in [0.2, 0.25) is 17.8 Å². The van der Waals surface area contributed by atoms with Crippen LogP contribution in [-0.4, -0.2) is 117 Å². The van der Waals surface area contributed by atoms with Gasteiger partial charge in [-0.05, 0) is 133 Å². The van der Waals surface area contributed by atoms with E-state index in [4.69, 9.17) is 28.9 Å². The van der Waals surface area contributed by atoms with Crippen LogP contribution in [0.25, 0.3) is 66.5 Å². The molecular weight excluding hydrogens is 1180 g/mol. The van der Waals surface area contributed by atoms with Gasteiger partial charge in [0, 0.05) is 126 Å². The van der Waals surface area contributed by atoms with Gasteiger partial charge in [0.25, 0.3) is 5.91 Å². The highest BCUT2D eigenvalue weighted by molar-refractivity contribution is 5.98. The Morgan fingerprint density at radius 2 is 0.882 bits per heavy atom. The number of aromatic carboxylic acids is 1. The van der Waals surface area contributed by atoms with E-state index in [2.05, 4.69) is 136 Å². The molecule has 0 unspecified atom stereocenters. The third-order valence-corrected chi connectivity index (χ3v) is 14.9. The zero-order valence-corrected chi connectivity index (χ0v) is 52.9. The number of ether oxygens (including phenoxy) is 4. The smallest absolute Gasteiger partial charge is 0.335 e. The molecule has 472 valence electrons. The minimum atomic E-state index is -1.02. The predicted octanol–water partition coefficient (Wildman–Crippen LogP) is 13.4. The number of hydrogen-bond donors (Lipinski definition) is 5. The molecule has 12 aromatic rings. The number of rotatable bonds is 20. The molecule has 0 spiro atoms. The fraction of sp³-hybridized carbons (Fsp3) is 0.217. The Hall–Kier alpha value is -11.8. The Labute approximate surface area is 536 Å². The molecule has 12 rings (SSSR count). The number of fused-ring (bicyclic) bond motifs is 3. The van der Waals surface area contributed by atoms with E-state index in [9.17, 15) is 20.0 Å². The Kier molecular flexibility index (Phi) is 20.1. The van der Waals surface area contributed by atoms with Gasteiger partial charge in [-0.2, -0.15) is 5.26 Å². The molecule has 0 atom stereocenters. The van der Waals surface area contributed by atoms with Crippen LogP contribution in [0.5, 0.6) is 17.2 Å². The fourth-order valence-electron chi connectivity index (χ4n) is 10.4. The minimum Gasteiger partial charge on any atom is -0.495 e. The van der Waals surface area contributed by atoms with Crippen molar-refractivity contribution in [2.24, 2.45) is 0 Å². The van der Waals surface area contributed by atoms with Gasteiger partial charge in [0.05, 0.1) is 114 Å². The first-order valence-electron chi connectivity index (χ1n) is 29.7. The average Bonchev–Trinajstić information content (AvgIpc) is 1.91. The summed E-state index contributed by atoms with van der Waals surface area (Å²) < 4.78 is 27.7. The number of nitrogens with zero attached hydrogens (tertiary/aromatic N) is 13. The lowest BCUT2D eigenvalue weighted by atomic mass is 10.1. The quantitative estimate of drug-likeness (QED) is 0.0443. The number of amides is 1. The van der Waals surface area contributed by atoms with Gasteiger partial charge in [0.1, 0.15) is 17.2 Å². The molecule has 0 aliphatic heterocycles. The molecule has 3 aromatic carbocycles. The Morgan fingerprint density at radius 3 is 1.25 bits per heavy atom. The van der Waals surface area contributed by atoms with Crippen LogP contribution < -0.4 is 35.5 Å². The van der Waals surface area contributed by atoms with E-state index in [0.717, 1.165) is 66.5 Å². The SMILES string of the molecule is COCCNC(=O)c1ccc(OC)c(Nc2nccc(-c3cn(C(C)C)c4cnccc34)n2)c1.COc1ccc(C#N)cc1Nc1nccc(-c2cn(C(C)C)c3cnccc23)n1.COc1ccc(C(=O)O)cc1Nc1nccc(-c2cn(C(C)C)c3cnccc23)n1. The molecule has 93 heavy (non-hydrogen) atoms. The maximum absolute atomic E-state index is 12.5. The maximum Gasteiger partial charge on any atom is 0.335 e. The van der Waals surface area contributed by atoms with Gasteiger partial charge in [-0.3, -0.25) is 19.7 Å². The van der Waals surface area contributed by atoms with Crippen LogP contribution in [-0.2, 0) is 4.74 Å². The van der Waals surface area contributed by atoms with Crippen LogP contribution in [0.1, 0.15) is 85.9 Å². The second-order valence-electron chi connectivity index (χ2n) is 21.9. The molecular formula is C69H69N17O7. The topological polar surface area (TPSA) is 294 Å². The number of carbonyl (C=O) groups excluding carboxylic acids is 1. The first-order valence-corrected chi connectivity index (χ1v) is 29.7. The lowest BCUT2D eigenvalue weighted by Gasteiger charge is -2.12. The summed E-state index contributed by atoms with van der Waals surface area (Å²) in [5.74, 6) is 1.62. The van der Waals surface area contributed by atoms with Gasteiger partial charge in [-0.25, -0.2) is 34.7 Å². The number of methoxy groups -OCH3 is 4. The van der Waals surface area contributed by atoms with E-state index in [-0.39, 0.29) is 23.6 Å². The van der Waals surface area contributed by atoms with Crippen molar-refractivity contribution in [1.82, 2.24) is 63.9 Å². The fourth-order valence-corrected chi connectivity index (χ4v) is 10.4. The largest absolute Gasteiger partial charge is 0.495 e. The summed E-state index contributed by atoms with van der Waals surface area (Å²) in [6, 6.07) is 29.4. The van der Waals surface area contributed by atoms with Crippen molar-refractivity contribution >= 4 is 79.5 Å². The molecule has 0 saturated carbocycles. The van der Waals surface area contributed by atoms with Crippen molar-refractivity contribution in [3.8, 4) is 57.1 Å². The van der Waals surface area contributed by atoms with Crippen molar-refractivity contribution in [3.63, 3.8) is 0 Å². The number of benzene rings is 3. The molecule has 0 saturated heterocycles. The predicted molar refractivity (Wildman–Crippen MR) is 358 cm³/mol. The van der Waals surface area contributed by atoms with Gasteiger partial charge in [0.15, 0.2) is 0 Å². The summed E-state index contributed by atoms with van der Waals surface area (Å²) in [5.41, 5.74) is 11.3. The number of carboxylic acids is 1. The lowest BCUT2D eigenvalue weighted by Crippen LogP contribution is -2.26. The normalized spacial score (nSPS) is 11.0. The molecule has 0 fully saturated rings. The van der Waals surface area contributed by atoms with Crippen LogP contribution in [0.4, 0.5) is 34.9 Å². The van der Waals surface area contributed by atoms with E-state index >= 15 is 0 Å². The van der Waals surface area contributed by atoms with Crippen molar-refractivity contribution < 1.29 is 33.6 Å². The van der Waals surface area contributed by atoms with Gasteiger partial charge < -0.3 is 59.0 Å². The Bertz CT molecular complexity index is 4690. The minimum absolute atomic E-state index is 0.141. The van der Waals surface area contributed by atoms with Gasteiger partial charge in [-0.15, -0.1) is 0 Å². The second-order valence-corrected chi connectivity index (χ2v) is 21.9. The zero-order valence-electron chi connectivity index (χ0n) is 52.9. The number of hydrogen-bond acceptors (Lipinski definition) is 19. The number of carboxylic acid groups (broad SMARTS) is 1. The van der Waals surface area contributed by atoms with Crippen molar-refractivity contribution in [3.05, 3.63) is 182 Å². The summed E-state index contributed by atoms with van der Waals surface area (Å²) >= 11 is 0. The molecule has 0 bridgehead atoms. The zero-order chi connectivity index (χ0) is 65.7. The molecule has 0 aliphatic carbocycles. The molecule has 9 heterocycles. The van der Waals surface area contributed by atoms with Gasteiger partial charge in [-0.1, -0.05) is 0 Å². The van der Waals surface area contributed by atoms with Gasteiger partial charge >= 0.3 is 5.97 Å².